The van der Waals surface area contributed by atoms with Crippen LogP contribution < -0.4 is 10.6 Å². The van der Waals surface area contributed by atoms with Crippen LogP contribution in [0, 0.1) is 0 Å². The average Bonchev–Trinajstić information content (AvgIpc) is 1.98. The summed E-state index contributed by atoms with van der Waals surface area (Å²) in [4.78, 5) is 21.6. The predicted octanol–water partition coefficient (Wildman–Crippen LogP) is -0.701. The van der Waals surface area contributed by atoms with Crippen molar-refractivity contribution in [1.29, 1.82) is 0 Å². The third-order valence-corrected chi connectivity index (χ3v) is 1.40. The zero-order valence-corrected chi connectivity index (χ0v) is 7.10. The van der Waals surface area contributed by atoms with Crippen LogP contribution in [0.25, 0.3) is 0 Å². The van der Waals surface area contributed by atoms with E-state index in [2.05, 4.69) is 10.6 Å². The van der Waals surface area contributed by atoms with Crippen molar-refractivity contribution in [2.75, 3.05) is 14.1 Å². The summed E-state index contributed by atoms with van der Waals surface area (Å²) in [5.41, 5.74) is 0. The molecule has 0 saturated carbocycles. The van der Waals surface area contributed by atoms with Crippen molar-refractivity contribution < 1.29 is 9.59 Å². The molecular formula is C7H14N2O2. The first-order valence-corrected chi connectivity index (χ1v) is 3.50. The Bertz CT molecular complexity index is 157. The Balaban J connectivity index is 3.94. The molecule has 0 aromatic carbocycles. The smallest absolute Gasteiger partial charge is 0.237 e. The molecule has 1 unspecified atom stereocenters. The first-order valence-electron chi connectivity index (χ1n) is 3.50. The van der Waals surface area contributed by atoms with Gasteiger partial charge in [0.15, 0.2) is 0 Å². The molecule has 0 aliphatic heterocycles. The highest BCUT2D eigenvalue weighted by Crippen LogP contribution is 1.91. The second-order valence-corrected chi connectivity index (χ2v) is 2.36. The first kappa shape index (κ1) is 10.1. The van der Waals surface area contributed by atoms with E-state index < -0.39 is 6.04 Å². The summed E-state index contributed by atoms with van der Waals surface area (Å²) in [6.45, 7) is 1.47. The lowest BCUT2D eigenvalue weighted by Gasteiger charge is -2.11. The minimum absolute atomic E-state index is 0.00736. The van der Waals surface area contributed by atoms with Gasteiger partial charge in [-0.3, -0.25) is 9.59 Å². The fourth-order valence-electron chi connectivity index (χ4n) is 0.788. The van der Waals surface area contributed by atoms with Crippen LogP contribution in [0.1, 0.15) is 13.3 Å². The molecule has 2 N–H and O–H groups in total. The monoisotopic (exact) mass is 158 g/mol. The van der Waals surface area contributed by atoms with Gasteiger partial charge in [-0.05, 0) is 14.0 Å². The normalized spacial score (nSPS) is 12.3. The maximum absolute atomic E-state index is 11.0. The quantitative estimate of drug-likeness (QED) is 0.568. The number of Topliss-reactive ketones (excluding diaryl/α,β-unsaturated/α-hetero) is 1. The Hall–Kier alpha value is -0.900. The van der Waals surface area contributed by atoms with Gasteiger partial charge < -0.3 is 10.6 Å². The highest BCUT2D eigenvalue weighted by Gasteiger charge is 2.15. The molecule has 0 spiro atoms. The largest absolute Gasteiger partial charge is 0.358 e. The minimum atomic E-state index is -0.391. The highest BCUT2D eigenvalue weighted by atomic mass is 16.2. The zero-order valence-electron chi connectivity index (χ0n) is 7.10. The number of likely N-dealkylation sites (N-methyl/N-ethyl adjacent to an activating group) is 2. The van der Waals surface area contributed by atoms with Crippen molar-refractivity contribution in [3.8, 4) is 0 Å². The molecule has 0 aliphatic carbocycles. The topological polar surface area (TPSA) is 58.2 Å². The molecular weight excluding hydrogens is 144 g/mol. The Kier molecular flexibility index (Phi) is 4.45. The summed E-state index contributed by atoms with van der Waals surface area (Å²) in [6.07, 6.45) is 0.246. The highest BCUT2D eigenvalue weighted by molar-refractivity contribution is 5.87. The lowest BCUT2D eigenvalue weighted by Crippen LogP contribution is -2.42. The summed E-state index contributed by atoms with van der Waals surface area (Å²) >= 11 is 0. The third kappa shape index (κ3) is 3.72. The van der Waals surface area contributed by atoms with Gasteiger partial charge >= 0.3 is 0 Å². The molecule has 0 bridgehead atoms. The van der Waals surface area contributed by atoms with Crippen molar-refractivity contribution in [3.05, 3.63) is 0 Å². The van der Waals surface area contributed by atoms with E-state index in [1.165, 1.54) is 6.92 Å². The first-order chi connectivity index (χ1) is 5.11. The van der Waals surface area contributed by atoms with Gasteiger partial charge in [-0.25, -0.2) is 0 Å². The molecule has 0 saturated heterocycles. The summed E-state index contributed by atoms with van der Waals surface area (Å²) < 4.78 is 0. The van der Waals surface area contributed by atoms with Gasteiger partial charge in [0.2, 0.25) is 5.91 Å². The zero-order chi connectivity index (χ0) is 8.85. The number of nitrogens with one attached hydrogen (secondary N) is 2. The fourth-order valence-corrected chi connectivity index (χ4v) is 0.788. The van der Waals surface area contributed by atoms with Crippen LogP contribution in [-0.2, 0) is 9.59 Å². The summed E-state index contributed by atoms with van der Waals surface area (Å²) in [5, 5.41) is 5.22. The van der Waals surface area contributed by atoms with Crippen LogP contribution >= 0.6 is 0 Å². The lowest BCUT2D eigenvalue weighted by atomic mass is 10.1. The van der Waals surface area contributed by atoms with Gasteiger partial charge in [-0.1, -0.05) is 0 Å². The SMILES string of the molecule is CNC(=O)C(CC(C)=O)NC. The maximum atomic E-state index is 11.0. The second kappa shape index (κ2) is 4.85. The summed E-state index contributed by atoms with van der Waals surface area (Å²) in [5.74, 6) is -0.143. The van der Waals surface area contributed by atoms with Crippen LogP contribution in [0.5, 0.6) is 0 Å². The summed E-state index contributed by atoms with van der Waals surface area (Å²) in [7, 11) is 3.20. The second-order valence-electron chi connectivity index (χ2n) is 2.36. The predicted molar refractivity (Wildman–Crippen MR) is 42.2 cm³/mol. The molecule has 0 radical (unpaired) electrons. The van der Waals surface area contributed by atoms with E-state index in [4.69, 9.17) is 0 Å². The molecule has 11 heavy (non-hydrogen) atoms. The number of hydrogen-bond acceptors (Lipinski definition) is 3. The van der Waals surface area contributed by atoms with Gasteiger partial charge in [0, 0.05) is 13.5 Å². The van der Waals surface area contributed by atoms with Gasteiger partial charge in [0.05, 0.1) is 6.04 Å². The van der Waals surface area contributed by atoms with E-state index in [0.29, 0.717) is 0 Å². The van der Waals surface area contributed by atoms with Crippen molar-refractivity contribution in [3.63, 3.8) is 0 Å². The van der Waals surface area contributed by atoms with Crippen LogP contribution in [0.2, 0.25) is 0 Å². The Morgan fingerprint density at radius 3 is 2.18 bits per heavy atom. The maximum Gasteiger partial charge on any atom is 0.237 e. The minimum Gasteiger partial charge on any atom is -0.358 e. The van der Waals surface area contributed by atoms with E-state index >= 15 is 0 Å². The number of ketones is 1. The third-order valence-electron chi connectivity index (χ3n) is 1.40. The van der Waals surface area contributed by atoms with Crippen LogP contribution in [0.3, 0.4) is 0 Å². The molecule has 0 fully saturated rings. The van der Waals surface area contributed by atoms with Crippen LogP contribution in [0.15, 0.2) is 0 Å². The molecule has 64 valence electrons. The molecule has 0 rings (SSSR count). The van der Waals surface area contributed by atoms with E-state index in [9.17, 15) is 9.59 Å². The van der Waals surface area contributed by atoms with E-state index in [0.717, 1.165) is 0 Å². The fraction of sp³-hybridized carbons (Fsp3) is 0.714. The van der Waals surface area contributed by atoms with Gasteiger partial charge in [0.25, 0.3) is 0 Å². The molecule has 1 atom stereocenters. The van der Waals surface area contributed by atoms with Gasteiger partial charge in [-0.2, -0.15) is 0 Å². The molecule has 0 heterocycles. The van der Waals surface area contributed by atoms with Gasteiger partial charge in [0.1, 0.15) is 5.78 Å². The molecule has 0 aliphatic rings. The molecule has 0 aromatic rings. The molecule has 4 nitrogen and oxygen atoms in total. The van der Waals surface area contributed by atoms with Crippen molar-refractivity contribution in [2.24, 2.45) is 0 Å². The van der Waals surface area contributed by atoms with E-state index in [-0.39, 0.29) is 18.1 Å². The average molecular weight is 158 g/mol. The van der Waals surface area contributed by atoms with Crippen molar-refractivity contribution in [1.82, 2.24) is 10.6 Å². The summed E-state index contributed by atoms with van der Waals surface area (Å²) in [6, 6.07) is -0.391. The van der Waals surface area contributed by atoms with E-state index in [1.807, 2.05) is 0 Å². The Morgan fingerprint density at radius 1 is 1.36 bits per heavy atom. The van der Waals surface area contributed by atoms with Crippen LogP contribution in [0.4, 0.5) is 0 Å². The van der Waals surface area contributed by atoms with Crippen LogP contribution in [-0.4, -0.2) is 31.8 Å². The number of hydrogen-bond donors (Lipinski definition) is 2. The number of carbonyl (C=O) groups is 2. The molecule has 4 heteroatoms. The Labute approximate surface area is 66.4 Å². The van der Waals surface area contributed by atoms with E-state index in [1.54, 1.807) is 14.1 Å². The molecule has 0 aromatic heterocycles. The number of amides is 1. The van der Waals surface area contributed by atoms with Crippen molar-refractivity contribution in [2.45, 2.75) is 19.4 Å². The van der Waals surface area contributed by atoms with Gasteiger partial charge in [-0.15, -0.1) is 0 Å². The number of rotatable bonds is 4. The lowest BCUT2D eigenvalue weighted by molar-refractivity contribution is -0.126. The van der Waals surface area contributed by atoms with Crippen molar-refractivity contribution >= 4 is 11.7 Å². The standard InChI is InChI=1S/C7H14N2O2/c1-5(10)4-6(8-2)7(11)9-3/h6,8H,4H2,1-3H3,(H,9,11). The molecule has 1 amide bonds. The Morgan fingerprint density at radius 2 is 1.91 bits per heavy atom. The number of carbonyl (C=O) groups excluding carboxylic acids is 2.